The Morgan fingerprint density at radius 3 is 2.38 bits per heavy atom. The van der Waals surface area contributed by atoms with Crippen LogP contribution in [0.5, 0.6) is 0 Å². The molecule has 5 atom stereocenters. The van der Waals surface area contributed by atoms with Gasteiger partial charge in [0.1, 0.15) is 17.8 Å². The number of rotatable bonds is 12. The maximum atomic E-state index is 13.7. The van der Waals surface area contributed by atoms with E-state index < -0.39 is 35.3 Å². The van der Waals surface area contributed by atoms with Crippen LogP contribution >= 0.6 is 0 Å². The molecule has 1 aromatic rings. The van der Waals surface area contributed by atoms with Gasteiger partial charge < -0.3 is 31.3 Å². The molecule has 12 heteroatoms. The molecule has 230 valence electrons. The van der Waals surface area contributed by atoms with Crippen LogP contribution in [0.25, 0.3) is 0 Å². The Balaban J connectivity index is 1.29. The highest BCUT2D eigenvalue weighted by Crippen LogP contribution is 2.40. The number of hydrogen-bond acceptors (Lipinski definition) is 8. The zero-order valence-corrected chi connectivity index (χ0v) is 25.1. The van der Waals surface area contributed by atoms with Crippen molar-refractivity contribution >= 4 is 23.6 Å². The monoisotopic (exact) mass is 583 g/mol. The normalized spacial score (nSPS) is 23.3. The molecular formula is C30H45N7O5. The summed E-state index contributed by atoms with van der Waals surface area (Å²) in [6.45, 7) is 12.0. The van der Waals surface area contributed by atoms with Crippen LogP contribution in [0.1, 0.15) is 88.3 Å². The minimum absolute atomic E-state index is 0.0120. The highest BCUT2D eigenvalue weighted by Gasteiger charge is 2.40. The van der Waals surface area contributed by atoms with Crippen molar-refractivity contribution in [2.75, 3.05) is 19.6 Å². The fourth-order valence-corrected chi connectivity index (χ4v) is 5.39. The van der Waals surface area contributed by atoms with Crippen LogP contribution in [0.2, 0.25) is 0 Å². The predicted molar refractivity (Wildman–Crippen MR) is 156 cm³/mol. The SMILES string of the molecule is C=C(NCC(O)C(=O)NC1CC1)C1CCCN1C(=O)C(NC(=O)CNC(=O)c1cnc(C2CCC2C)cn1)C(C)(C)C. The Hall–Kier alpha value is -3.54. The van der Waals surface area contributed by atoms with Crippen LogP contribution in [0.3, 0.4) is 0 Å². The van der Waals surface area contributed by atoms with Crippen molar-refractivity contribution < 1.29 is 24.3 Å². The highest BCUT2D eigenvalue weighted by atomic mass is 16.3. The Kier molecular flexibility index (Phi) is 9.85. The number of amides is 4. The molecule has 0 radical (unpaired) electrons. The molecule has 0 spiro atoms. The smallest absolute Gasteiger partial charge is 0.271 e. The lowest BCUT2D eigenvalue weighted by atomic mass is 9.73. The van der Waals surface area contributed by atoms with E-state index in [1.54, 1.807) is 11.1 Å². The van der Waals surface area contributed by atoms with Crippen LogP contribution in [0.4, 0.5) is 0 Å². The van der Waals surface area contributed by atoms with Crippen molar-refractivity contribution in [1.29, 1.82) is 0 Å². The lowest BCUT2D eigenvalue weighted by molar-refractivity contribution is -0.139. The van der Waals surface area contributed by atoms with Gasteiger partial charge in [0.05, 0.1) is 24.5 Å². The number of aromatic nitrogens is 2. The summed E-state index contributed by atoms with van der Waals surface area (Å²) in [6, 6.07) is -1.05. The zero-order chi connectivity index (χ0) is 30.6. The average molecular weight is 584 g/mol. The molecule has 1 aromatic heterocycles. The molecule has 4 rings (SSSR count). The number of aliphatic hydroxyl groups excluding tert-OH is 1. The molecule has 5 unspecified atom stereocenters. The topological polar surface area (TPSA) is 166 Å². The second-order valence-corrected chi connectivity index (χ2v) is 12.9. The Morgan fingerprint density at radius 2 is 1.81 bits per heavy atom. The van der Waals surface area contributed by atoms with Gasteiger partial charge >= 0.3 is 0 Å². The summed E-state index contributed by atoms with van der Waals surface area (Å²) in [6.07, 6.45) is 7.35. The zero-order valence-electron chi connectivity index (χ0n) is 25.1. The van der Waals surface area contributed by atoms with Gasteiger partial charge in [-0.05, 0) is 49.9 Å². The summed E-state index contributed by atoms with van der Waals surface area (Å²) in [7, 11) is 0. The first-order chi connectivity index (χ1) is 19.8. The Morgan fingerprint density at radius 1 is 1.07 bits per heavy atom. The van der Waals surface area contributed by atoms with Crippen molar-refractivity contribution in [2.24, 2.45) is 11.3 Å². The van der Waals surface area contributed by atoms with E-state index >= 15 is 0 Å². The first-order valence-corrected chi connectivity index (χ1v) is 15.0. The van der Waals surface area contributed by atoms with Gasteiger partial charge in [0, 0.05) is 36.9 Å². The molecule has 0 bridgehead atoms. The van der Waals surface area contributed by atoms with Crippen LogP contribution in [0, 0.1) is 11.3 Å². The molecule has 12 nitrogen and oxygen atoms in total. The molecule has 2 heterocycles. The molecule has 5 N–H and O–H groups in total. The van der Waals surface area contributed by atoms with E-state index in [0.717, 1.165) is 37.8 Å². The molecule has 2 saturated carbocycles. The van der Waals surface area contributed by atoms with Gasteiger partial charge in [-0.1, -0.05) is 34.3 Å². The number of aliphatic hydroxyl groups is 1. The average Bonchev–Trinajstić information content (AvgIpc) is 3.62. The van der Waals surface area contributed by atoms with Gasteiger partial charge in [-0.15, -0.1) is 0 Å². The third-order valence-electron chi connectivity index (χ3n) is 8.42. The van der Waals surface area contributed by atoms with Gasteiger partial charge in [0.15, 0.2) is 0 Å². The molecule has 3 aliphatic rings. The van der Waals surface area contributed by atoms with E-state index in [-0.39, 0.29) is 36.8 Å². The highest BCUT2D eigenvalue weighted by molar-refractivity contribution is 5.95. The number of nitrogens with one attached hydrogen (secondary N) is 4. The van der Waals surface area contributed by atoms with E-state index in [0.29, 0.717) is 30.5 Å². The van der Waals surface area contributed by atoms with Crippen molar-refractivity contribution in [1.82, 2.24) is 36.1 Å². The van der Waals surface area contributed by atoms with Crippen LogP contribution < -0.4 is 21.3 Å². The second-order valence-electron chi connectivity index (χ2n) is 12.9. The van der Waals surface area contributed by atoms with Gasteiger partial charge in [0.2, 0.25) is 11.8 Å². The van der Waals surface area contributed by atoms with Crippen LogP contribution in [-0.4, -0.2) is 87.5 Å². The second kappa shape index (κ2) is 13.2. The fourth-order valence-electron chi connectivity index (χ4n) is 5.39. The minimum Gasteiger partial charge on any atom is -0.384 e. The molecule has 1 saturated heterocycles. The molecule has 42 heavy (non-hydrogen) atoms. The molecule has 0 aromatic carbocycles. The molecule has 4 amide bonds. The summed E-state index contributed by atoms with van der Waals surface area (Å²) in [5, 5.41) is 21.4. The number of carbonyl (C=O) groups is 4. The van der Waals surface area contributed by atoms with Gasteiger partial charge in [-0.25, -0.2) is 4.98 Å². The van der Waals surface area contributed by atoms with E-state index in [9.17, 15) is 24.3 Å². The Labute approximate surface area is 247 Å². The van der Waals surface area contributed by atoms with E-state index in [2.05, 4.69) is 44.7 Å². The number of nitrogens with zero attached hydrogens (tertiary/aromatic N) is 3. The molecule has 3 fully saturated rings. The van der Waals surface area contributed by atoms with Crippen molar-refractivity contribution in [3.63, 3.8) is 0 Å². The fraction of sp³-hybridized carbons (Fsp3) is 0.667. The summed E-state index contributed by atoms with van der Waals surface area (Å²) in [4.78, 5) is 61.6. The van der Waals surface area contributed by atoms with Crippen LogP contribution in [-0.2, 0) is 14.4 Å². The maximum absolute atomic E-state index is 13.7. The largest absolute Gasteiger partial charge is 0.384 e. The summed E-state index contributed by atoms with van der Waals surface area (Å²) >= 11 is 0. The van der Waals surface area contributed by atoms with E-state index in [4.69, 9.17) is 0 Å². The lowest BCUT2D eigenvalue weighted by Crippen LogP contribution is -2.57. The third-order valence-corrected chi connectivity index (χ3v) is 8.42. The number of carbonyl (C=O) groups excluding carboxylic acids is 4. The first kappa shape index (κ1) is 31.4. The van der Waals surface area contributed by atoms with E-state index in [1.807, 2.05) is 20.8 Å². The Bertz CT molecular complexity index is 1180. The minimum atomic E-state index is -1.22. The quantitative estimate of drug-likeness (QED) is 0.243. The molecular weight excluding hydrogens is 538 g/mol. The van der Waals surface area contributed by atoms with Crippen molar-refractivity contribution in [2.45, 2.75) is 96.4 Å². The van der Waals surface area contributed by atoms with Crippen LogP contribution in [0.15, 0.2) is 24.7 Å². The summed E-state index contributed by atoms with van der Waals surface area (Å²) < 4.78 is 0. The lowest BCUT2D eigenvalue weighted by Gasteiger charge is -2.36. The standard InChI is InChI=1S/C30H45N7O5/c1-17-8-11-20(17)21-13-33-22(14-32-21)27(40)34-16-25(39)36-26(30(3,4)5)29(42)37-12-6-7-23(37)18(2)31-15-24(38)28(41)35-19-9-10-19/h13-14,17,19-20,23-24,26,31,38H,2,6-12,15-16H2,1,3-5H3,(H,34,40)(H,35,41)(H,36,39). The summed E-state index contributed by atoms with van der Waals surface area (Å²) in [5.41, 5.74) is 0.922. The number of likely N-dealkylation sites (tertiary alicyclic amines) is 1. The van der Waals surface area contributed by atoms with Crippen molar-refractivity contribution in [3.8, 4) is 0 Å². The van der Waals surface area contributed by atoms with Gasteiger partial charge in [-0.2, -0.15) is 0 Å². The third kappa shape index (κ3) is 7.84. The van der Waals surface area contributed by atoms with E-state index in [1.165, 1.54) is 6.20 Å². The van der Waals surface area contributed by atoms with Gasteiger partial charge in [0.25, 0.3) is 11.8 Å². The maximum Gasteiger partial charge on any atom is 0.271 e. The first-order valence-electron chi connectivity index (χ1n) is 15.0. The molecule has 1 aliphatic heterocycles. The van der Waals surface area contributed by atoms with Gasteiger partial charge in [-0.3, -0.25) is 24.2 Å². The summed E-state index contributed by atoms with van der Waals surface area (Å²) in [5.74, 6) is -0.760. The molecule has 2 aliphatic carbocycles. The predicted octanol–water partition coefficient (Wildman–Crippen LogP) is 0.985. The number of hydrogen-bond donors (Lipinski definition) is 5. The van der Waals surface area contributed by atoms with Crippen molar-refractivity contribution in [3.05, 3.63) is 36.1 Å².